The van der Waals surface area contributed by atoms with Crippen molar-refractivity contribution in [1.82, 2.24) is 14.9 Å². The summed E-state index contributed by atoms with van der Waals surface area (Å²) in [5.41, 5.74) is 3.26. The monoisotopic (exact) mass is 410 g/mol. The zero-order valence-corrected chi connectivity index (χ0v) is 17.4. The zero-order chi connectivity index (χ0) is 21.7. The van der Waals surface area contributed by atoms with Crippen molar-refractivity contribution in [2.24, 2.45) is 4.99 Å². The van der Waals surface area contributed by atoms with E-state index in [1.54, 1.807) is 25.7 Å². The minimum absolute atomic E-state index is 0.348. The van der Waals surface area contributed by atoms with Gasteiger partial charge in [0.25, 0.3) is 0 Å². The highest BCUT2D eigenvalue weighted by molar-refractivity contribution is 5.73. The van der Waals surface area contributed by atoms with Gasteiger partial charge in [-0.15, -0.1) is 0 Å². The fraction of sp³-hybridized carbons (Fsp3) is 0.261. The second-order valence-corrected chi connectivity index (χ2v) is 6.97. The average Bonchev–Trinajstić information content (AvgIpc) is 2.72. The molecule has 3 rings (SSSR count). The van der Waals surface area contributed by atoms with Gasteiger partial charge in [-0.2, -0.15) is 0 Å². The Hall–Kier alpha value is -3.35. The number of ether oxygens (including phenoxy) is 1. The second kappa shape index (κ2) is 9.43. The van der Waals surface area contributed by atoms with E-state index in [-0.39, 0.29) is 0 Å². The molecule has 7 heteroatoms. The summed E-state index contributed by atoms with van der Waals surface area (Å²) >= 11 is 0. The van der Waals surface area contributed by atoms with E-state index in [4.69, 9.17) is 4.74 Å². The van der Waals surface area contributed by atoms with Gasteiger partial charge in [-0.05, 0) is 50.6 Å². The molecular weight excluding hydrogens is 386 g/mol. The van der Waals surface area contributed by atoms with Gasteiger partial charge in [-0.1, -0.05) is 6.07 Å². The molecule has 30 heavy (non-hydrogen) atoms. The van der Waals surface area contributed by atoms with Crippen LogP contribution in [0.2, 0.25) is 0 Å². The summed E-state index contributed by atoms with van der Waals surface area (Å²) in [5.74, 6) is -0.955. The summed E-state index contributed by atoms with van der Waals surface area (Å²) in [6.45, 7) is 6.42. The molecule has 1 unspecified atom stereocenters. The lowest BCUT2D eigenvalue weighted by Gasteiger charge is -2.18. The summed E-state index contributed by atoms with van der Waals surface area (Å²) in [6.07, 6.45) is 4.52. The van der Waals surface area contributed by atoms with E-state index in [9.17, 15) is 8.78 Å². The molecule has 5 nitrogen and oxygen atoms in total. The SMILES string of the molecule is CCN(C)C=Nc1cc(-c2cccnc2)c(OC(C)c2cc(F)cc(F)c2)nc1C. The Morgan fingerprint density at radius 2 is 1.93 bits per heavy atom. The van der Waals surface area contributed by atoms with Crippen molar-refractivity contribution in [2.75, 3.05) is 13.6 Å². The quantitative estimate of drug-likeness (QED) is 0.382. The van der Waals surface area contributed by atoms with E-state index in [1.807, 2.05) is 44.0 Å². The van der Waals surface area contributed by atoms with Crippen molar-refractivity contribution in [2.45, 2.75) is 26.9 Å². The van der Waals surface area contributed by atoms with E-state index < -0.39 is 17.7 Å². The molecule has 0 bridgehead atoms. The van der Waals surface area contributed by atoms with Gasteiger partial charge in [0.05, 0.1) is 17.7 Å². The lowest BCUT2D eigenvalue weighted by molar-refractivity contribution is 0.217. The maximum absolute atomic E-state index is 13.6. The van der Waals surface area contributed by atoms with E-state index in [2.05, 4.69) is 15.0 Å². The maximum atomic E-state index is 13.6. The molecule has 0 aliphatic heterocycles. The van der Waals surface area contributed by atoms with Crippen LogP contribution in [0.3, 0.4) is 0 Å². The predicted molar refractivity (Wildman–Crippen MR) is 114 cm³/mol. The Morgan fingerprint density at radius 3 is 2.57 bits per heavy atom. The van der Waals surface area contributed by atoms with Crippen LogP contribution in [0.15, 0.2) is 53.8 Å². The first kappa shape index (κ1) is 21.4. The fourth-order valence-electron chi connectivity index (χ4n) is 2.81. The third-order valence-electron chi connectivity index (χ3n) is 4.66. The Morgan fingerprint density at radius 1 is 1.20 bits per heavy atom. The number of aliphatic imine (C=N–C) groups is 1. The Balaban J connectivity index is 2.02. The number of rotatable bonds is 7. The molecule has 2 heterocycles. The van der Waals surface area contributed by atoms with Gasteiger partial charge in [-0.25, -0.2) is 18.8 Å². The van der Waals surface area contributed by atoms with Crippen LogP contribution in [0, 0.1) is 18.6 Å². The zero-order valence-electron chi connectivity index (χ0n) is 17.4. The smallest absolute Gasteiger partial charge is 0.222 e. The first-order valence-electron chi connectivity index (χ1n) is 9.66. The molecule has 0 amide bonds. The first-order valence-corrected chi connectivity index (χ1v) is 9.66. The summed E-state index contributed by atoms with van der Waals surface area (Å²) < 4.78 is 33.3. The number of aromatic nitrogens is 2. The van der Waals surface area contributed by atoms with Crippen molar-refractivity contribution < 1.29 is 13.5 Å². The summed E-state index contributed by atoms with van der Waals surface area (Å²) in [7, 11) is 1.94. The molecule has 0 fully saturated rings. The highest BCUT2D eigenvalue weighted by atomic mass is 19.1. The lowest BCUT2D eigenvalue weighted by Crippen LogP contribution is -2.14. The van der Waals surface area contributed by atoms with Gasteiger partial charge in [0, 0.05) is 43.2 Å². The number of hydrogen-bond donors (Lipinski definition) is 0. The van der Waals surface area contributed by atoms with E-state index in [1.165, 1.54) is 12.1 Å². The number of nitrogens with zero attached hydrogens (tertiary/aromatic N) is 4. The van der Waals surface area contributed by atoms with Crippen LogP contribution in [-0.2, 0) is 0 Å². The van der Waals surface area contributed by atoms with Crippen LogP contribution in [0.25, 0.3) is 11.1 Å². The molecule has 3 aromatic rings. The van der Waals surface area contributed by atoms with Crippen molar-refractivity contribution >= 4 is 12.0 Å². The highest BCUT2D eigenvalue weighted by Gasteiger charge is 2.17. The number of benzene rings is 1. The summed E-state index contributed by atoms with van der Waals surface area (Å²) in [4.78, 5) is 15.2. The first-order chi connectivity index (χ1) is 14.4. The number of pyridine rings is 2. The molecule has 0 N–H and O–H groups in total. The third kappa shape index (κ3) is 5.17. The molecule has 0 spiro atoms. The molecule has 1 atom stereocenters. The summed E-state index contributed by atoms with van der Waals surface area (Å²) in [6, 6.07) is 8.93. The largest absolute Gasteiger partial charge is 0.469 e. The van der Waals surface area contributed by atoms with Crippen molar-refractivity contribution in [3.63, 3.8) is 0 Å². The van der Waals surface area contributed by atoms with E-state index in [0.29, 0.717) is 28.4 Å². The molecule has 2 aromatic heterocycles. The lowest BCUT2D eigenvalue weighted by atomic mass is 10.1. The van der Waals surface area contributed by atoms with Gasteiger partial charge >= 0.3 is 0 Å². The van der Waals surface area contributed by atoms with Crippen LogP contribution in [0.1, 0.15) is 31.2 Å². The maximum Gasteiger partial charge on any atom is 0.222 e. The molecular formula is C23H24F2N4O. The molecule has 0 aliphatic rings. The van der Waals surface area contributed by atoms with Crippen LogP contribution in [-0.4, -0.2) is 34.8 Å². The molecule has 0 saturated carbocycles. The van der Waals surface area contributed by atoms with Gasteiger partial charge in [0.1, 0.15) is 17.7 Å². The molecule has 156 valence electrons. The van der Waals surface area contributed by atoms with Crippen LogP contribution in [0.5, 0.6) is 5.88 Å². The second-order valence-electron chi connectivity index (χ2n) is 6.97. The van der Waals surface area contributed by atoms with Gasteiger partial charge in [-0.3, -0.25) is 4.98 Å². The van der Waals surface area contributed by atoms with Gasteiger partial charge in [0.15, 0.2) is 0 Å². The topological polar surface area (TPSA) is 50.6 Å². The third-order valence-corrected chi connectivity index (χ3v) is 4.66. The number of aryl methyl sites for hydroxylation is 1. The Bertz CT molecular complexity index is 1020. The average molecular weight is 410 g/mol. The van der Waals surface area contributed by atoms with Crippen molar-refractivity contribution in [3.8, 4) is 17.0 Å². The Labute approximate surface area is 175 Å². The van der Waals surface area contributed by atoms with Gasteiger partial charge < -0.3 is 9.64 Å². The van der Waals surface area contributed by atoms with E-state index >= 15 is 0 Å². The minimum Gasteiger partial charge on any atom is -0.469 e. The highest BCUT2D eigenvalue weighted by Crippen LogP contribution is 2.35. The van der Waals surface area contributed by atoms with Crippen molar-refractivity contribution in [3.05, 3.63) is 71.7 Å². The standard InChI is InChI=1S/C23H24F2N4O/c1-5-29(4)14-27-22-12-21(17-7-6-8-26-13-17)23(28-15(22)2)30-16(3)18-9-19(24)11-20(25)10-18/h6-14,16H,5H2,1-4H3. The van der Waals surface area contributed by atoms with E-state index in [0.717, 1.165) is 18.2 Å². The number of hydrogen-bond acceptors (Lipinski definition) is 4. The fourth-order valence-corrected chi connectivity index (χ4v) is 2.81. The van der Waals surface area contributed by atoms with Crippen LogP contribution in [0.4, 0.5) is 14.5 Å². The molecule has 0 radical (unpaired) electrons. The predicted octanol–water partition coefficient (Wildman–Crippen LogP) is 5.48. The molecule has 0 saturated heterocycles. The minimum atomic E-state index is -0.651. The van der Waals surface area contributed by atoms with Crippen LogP contribution >= 0.6 is 0 Å². The van der Waals surface area contributed by atoms with Crippen LogP contribution < -0.4 is 4.74 Å². The van der Waals surface area contributed by atoms with Crippen molar-refractivity contribution in [1.29, 1.82) is 0 Å². The normalized spacial score (nSPS) is 12.2. The number of halogens is 2. The summed E-state index contributed by atoms with van der Waals surface area (Å²) in [5, 5.41) is 0. The Kier molecular flexibility index (Phi) is 6.72. The molecule has 1 aromatic carbocycles. The van der Waals surface area contributed by atoms with Gasteiger partial charge in [0.2, 0.25) is 5.88 Å². The molecule has 0 aliphatic carbocycles.